The number of amides is 2. The number of piperazine rings is 1. The van der Waals surface area contributed by atoms with Crippen LogP contribution in [0, 0.1) is 6.92 Å². The molecule has 0 aliphatic carbocycles. The molecule has 0 unspecified atom stereocenters. The number of nitrogens with one attached hydrogen (secondary N) is 1. The van der Waals surface area contributed by atoms with Gasteiger partial charge >= 0.3 is 0 Å². The zero-order chi connectivity index (χ0) is 13.8. The first kappa shape index (κ1) is 13.5. The minimum atomic E-state index is -0.383. The molecule has 102 valence electrons. The molecular formula is C13H18N4O2. The van der Waals surface area contributed by atoms with E-state index in [1.54, 1.807) is 11.8 Å². The fourth-order valence-electron chi connectivity index (χ4n) is 2.27. The van der Waals surface area contributed by atoms with Gasteiger partial charge in [-0.3, -0.25) is 9.59 Å². The maximum Gasteiger partial charge on any atom is 0.258 e. The van der Waals surface area contributed by atoms with E-state index >= 15 is 0 Å². The van der Waals surface area contributed by atoms with Gasteiger partial charge in [0.1, 0.15) is 12.4 Å². The van der Waals surface area contributed by atoms with Gasteiger partial charge in [-0.15, -0.1) is 0 Å². The summed E-state index contributed by atoms with van der Waals surface area (Å²) in [6, 6.07) is -0.383. The molecule has 6 heteroatoms. The quantitative estimate of drug-likeness (QED) is 0.862. The molecule has 0 spiro atoms. The van der Waals surface area contributed by atoms with Crippen LogP contribution in [0.1, 0.15) is 35.8 Å². The highest BCUT2D eigenvalue weighted by molar-refractivity contribution is 5.98. The number of nitrogens with zero attached hydrogens (tertiary/aromatic N) is 3. The van der Waals surface area contributed by atoms with Crippen LogP contribution in [-0.4, -0.2) is 45.8 Å². The Morgan fingerprint density at radius 1 is 1.58 bits per heavy atom. The van der Waals surface area contributed by atoms with Gasteiger partial charge < -0.3 is 10.2 Å². The van der Waals surface area contributed by atoms with Crippen LogP contribution in [0.2, 0.25) is 0 Å². The lowest BCUT2D eigenvalue weighted by Crippen LogP contribution is -2.57. The third-order valence-corrected chi connectivity index (χ3v) is 3.30. The third-order valence-electron chi connectivity index (χ3n) is 3.30. The normalized spacial score (nSPS) is 19.2. The molecule has 19 heavy (non-hydrogen) atoms. The highest BCUT2D eigenvalue weighted by Gasteiger charge is 2.33. The standard InChI is InChI=1S/C13H18N4O2/c1-3-4-11-12(18)15-5-6-17(11)13(19)10-7-14-8-16-9(10)2/h7-8,11H,3-6H2,1-2H3,(H,15,18)/t11-/m0/s1. The Hall–Kier alpha value is -1.98. The Bertz CT molecular complexity index is 489. The summed E-state index contributed by atoms with van der Waals surface area (Å²) in [5, 5.41) is 2.80. The number of aromatic nitrogens is 2. The molecule has 2 heterocycles. The maximum atomic E-state index is 12.5. The van der Waals surface area contributed by atoms with Crippen LogP contribution in [0.4, 0.5) is 0 Å². The van der Waals surface area contributed by atoms with Gasteiger partial charge in [0.25, 0.3) is 5.91 Å². The Morgan fingerprint density at radius 2 is 2.37 bits per heavy atom. The van der Waals surface area contributed by atoms with Crippen molar-refractivity contribution in [3.63, 3.8) is 0 Å². The molecular weight excluding hydrogens is 244 g/mol. The first-order valence-corrected chi connectivity index (χ1v) is 6.50. The number of carbonyl (C=O) groups excluding carboxylic acids is 2. The Kier molecular flexibility index (Phi) is 4.09. The summed E-state index contributed by atoms with van der Waals surface area (Å²) in [6.45, 7) is 4.80. The fraction of sp³-hybridized carbons (Fsp3) is 0.538. The van der Waals surface area contributed by atoms with Crippen molar-refractivity contribution in [1.82, 2.24) is 20.2 Å². The molecule has 0 radical (unpaired) electrons. The molecule has 2 amide bonds. The lowest BCUT2D eigenvalue weighted by molar-refractivity contribution is -0.128. The largest absolute Gasteiger partial charge is 0.353 e. The zero-order valence-corrected chi connectivity index (χ0v) is 11.2. The lowest BCUT2D eigenvalue weighted by atomic mass is 10.1. The molecule has 1 atom stereocenters. The molecule has 1 saturated heterocycles. The molecule has 0 aromatic carbocycles. The summed E-state index contributed by atoms with van der Waals surface area (Å²) in [5.41, 5.74) is 1.11. The van der Waals surface area contributed by atoms with Crippen molar-refractivity contribution in [3.8, 4) is 0 Å². The minimum absolute atomic E-state index is 0.0732. The van der Waals surface area contributed by atoms with E-state index in [2.05, 4.69) is 15.3 Å². The molecule has 1 aliphatic rings. The van der Waals surface area contributed by atoms with E-state index in [-0.39, 0.29) is 17.9 Å². The van der Waals surface area contributed by atoms with Gasteiger partial charge in [-0.1, -0.05) is 13.3 Å². The molecule has 1 aliphatic heterocycles. The van der Waals surface area contributed by atoms with Gasteiger partial charge in [-0.05, 0) is 13.3 Å². The summed E-state index contributed by atoms with van der Waals surface area (Å²) in [5.74, 6) is -0.234. The van der Waals surface area contributed by atoms with E-state index < -0.39 is 0 Å². The van der Waals surface area contributed by atoms with Gasteiger partial charge in [0.2, 0.25) is 5.91 Å². The number of rotatable bonds is 3. The Balaban J connectivity index is 2.25. The smallest absolute Gasteiger partial charge is 0.258 e. The predicted octanol–water partition coefficient (Wildman–Crippen LogP) is 0.526. The highest BCUT2D eigenvalue weighted by Crippen LogP contribution is 2.15. The number of hydrogen-bond acceptors (Lipinski definition) is 4. The van der Waals surface area contributed by atoms with E-state index in [9.17, 15) is 9.59 Å². The van der Waals surface area contributed by atoms with E-state index in [0.29, 0.717) is 30.8 Å². The highest BCUT2D eigenvalue weighted by atomic mass is 16.2. The van der Waals surface area contributed by atoms with Gasteiger partial charge in [-0.2, -0.15) is 0 Å². The van der Waals surface area contributed by atoms with E-state index in [1.807, 2.05) is 6.92 Å². The van der Waals surface area contributed by atoms with Gasteiger partial charge in [0.15, 0.2) is 0 Å². The summed E-state index contributed by atoms with van der Waals surface area (Å²) >= 11 is 0. The third kappa shape index (κ3) is 2.72. The molecule has 1 N–H and O–H groups in total. The maximum absolute atomic E-state index is 12.5. The molecule has 1 aromatic heterocycles. The Labute approximate surface area is 112 Å². The molecule has 6 nitrogen and oxygen atoms in total. The number of carbonyl (C=O) groups is 2. The van der Waals surface area contributed by atoms with Crippen LogP contribution in [-0.2, 0) is 4.79 Å². The summed E-state index contributed by atoms with van der Waals surface area (Å²) in [6.07, 6.45) is 4.45. The fourth-order valence-corrected chi connectivity index (χ4v) is 2.27. The lowest BCUT2D eigenvalue weighted by Gasteiger charge is -2.35. The number of hydrogen-bond donors (Lipinski definition) is 1. The van der Waals surface area contributed by atoms with Gasteiger partial charge in [0.05, 0.1) is 11.3 Å². The van der Waals surface area contributed by atoms with Crippen LogP contribution in [0.5, 0.6) is 0 Å². The molecule has 2 rings (SSSR count). The second-order valence-corrected chi connectivity index (χ2v) is 4.62. The van der Waals surface area contributed by atoms with Crippen LogP contribution < -0.4 is 5.32 Å². The monoisotopic (exact) mass is 262 g/mol. The first-order valence-electron chi connectivity index (χ1n) is 6.50. The second-order valence-electron chi connectivity index (χ2n) is 4.62. The topological polar surface area (TPSA) is 75.2 Å². The molecule has 0 bridgehead atoms. The van der Waals surface area contributed by atoms with Crippen molar-refractivity contribution >= 4 is 11.8 Å². The average Bonchev–Trinajstić information content (AvgIpc) is 2.41. The van der Waals surface area contributed by atoms with Crippen molar-refractivity contribution in [1.29, 1.82) is 0 Å². The SMILES string of the molecule is CCC[C@H]1C(=O)NCCN1C(=O)c1cncnc1C. The van der Waals surface area contributed by atoms with Crippen molar-refractivity contribution in [3.05, 3.63) is 23.8 Å². The van der Waals surface area contributed by atoms with Gasteiger partial charge in [-0.25, -0.2) is 9.97 Å². The summed E-state index contributed by atoms with van der Waals surface area (Å²) in [7, 11) is 0. The molecule has 1 aromatic rings. The van der Waals surface area contributed by atoms with Crippen LogP contribution in [0.25, 0.3) is 0 Å². The van der Waals surface area contributed by atoms with Crippen molar-refractivity contribution in [2.45, 2.75) is 32.7 Å². The van der Waals surface area contributed by atoms with Crippen LogP contribution in [0.15, 0.2) is 12.5 Å². The number of aryl methyl sites for hydroxylation is 1. The Morgan fingerprint density at radius 3 is 3.05 bits per heavy atom. The van der Waals surface area contributed by atoms with Crippen LogP contribution >= 0.6 is 0 Å². The summed E-state index contributed by atoms with van der Waals surface area (Å²) in [4.78, 5) is 33.9. The van der Waals surface area contributed by atoms with Crippen molar-refractivity contribution < 1.29 is 9.59 Å². The van der Waals surface area contributed by atoms with Crippen LogP contribution in [0.3, 0.4) is 0 Å². The van der Waals surface area contributed by atoms with E-state index in [4.69, 9.17) is 0 Å². The van der Waals surface area contributed by atoms with Gasteiger partial charge in [0, 0.05) is 19.3 Å². The zero-order valence-electron chi connectivity index (χ0n) is 11.2. The second kappa shape index (κ2) is 5.77. The summed E-state index contributed by atoms with van der Waals surface area (Å²) < 4.78 is 0. The van der Waals surface area contributed by atoms with E-state index in [0.717, 1.165) is 6.42 Å². The predicted molar refractivity (Wildman–Crippen MR) is 69.5 cm³/mol. The van der Waals surface area contributed by atoms with Crippen molar-refractivity contribution in [2.24, 2.45) is 0 Å². The molecule has 1 fully saturated rings. The minimum Gasteiger partial charge on any atom is -0.353 e. The molecule has 0 saturated carbocycles. The first-order chi connectivity index (χ1) is 9.15. The average molecular weight is 262 g/mol. The van der Waals surface area contributed by atoms with E-state index in [1.165, 1.54) is 12.5 Å². The van der Waals surface area contributed by atoms with Crippen molar-refractivity contribution in [2.75, 3.05) is 13.1 Å².